The van der Waals surface area contributed by atoms with E-state index in [0.717, 1.165) is 12.8 Å². The van der Waals surface area contributed by atoms with Crippen molar-refractivity contribution >= 4 is 34.4 Å². The number of halogens is 1. The molecule has 2 aromatic carbocycles. The van der Waals surface area contributed by atoms with Crippen LogP contribution in [-0.4, -0.2) is 0 Å². The average molecular weight is 488 g/mol. The van der Waals surface area contributed by atoms with Crippen LogP contribution in [0.4, 0.5) is 0 Å². The number of hydrogen-bond donors (Lipinski definition) is 0. The molecule has 0 amide bonds. The van der Waals surface area contributed by atoms with Crippen LogP contribution in [-0.2, 0) is 25.7 Å². The Morgan fingerprint density at radius 1 is 1.04 bits per heavy atom. The lowest BCUT2D eigenvalue weighted by atomic mass is 9.90. The minimum atomic E-state index is 0.962. The highest BCUT2D eigenvalue weighted by Crippen LogP contribution is 2.27. The molecule has 0 saturated heterocycles. The van der Waals surface area contributed by atoms with Crippen LogP contribution in [0.3, 0.4) is 0 Å². The summed E-state index contributed by atoms with van der Waals surface area (Å²) in [4.78, 5) is 1.22. The third-order valence-electron chi connectivity index (χ3n) is 5.33. The van der Waals surface area contributed by atoms with E-state index in [-0.39, 0.29) is 0 Å². The number of thioether (sulfide) groups is 1. The van der Waals surface area contributed by atoms with E-state index in [2.05, 4.69) is 85.7 Å². The number of aryl methyl sites for hydroxylation is 4. The van der Waals surface area contributed by atoms with Gasteiger partial charge >= 0.3 is 0 Å². The van der Waals surface area contributed by atoms with Crippen LogP contribution < -0.4 is 0 Å². The lowest BCUT2D eigenvalue weighted by Crippen LogP contribution is -2.03. The second-order valence-electron chi connectivity index (χ2n) is 7.81. The highest BCUT2D eigenvalue weighted by atomic mass is 127. The summed E-state index contributed by atoms with van der Waals surface area (Å²) in [6.07, 6.45) is 7.16. The molecule has 27 heavy (non-hydrogen) atoms. The molecule has 0 nitrogen and oxygen atoms in total. The molecular formula is C25H29IS. The van der Waals surface area contributed by atoms with Crippen molar-refractivity contribution in [1.82, 2.24) is 0 Å². The van der Waals surface area contributed by atoms with E-state index in [1.807, 2.05) is 0 Å². The third kappa shape index (κ3) is 5.74. The van der Waals surface area contributed by atoms with Crippen LogP contribution in [0.25, 0.3) is 0 Å². The SMILES string of the molecule is C=C(Cc1ccc2c(c1)CCCC2)S/C=C(\C)Cc1cc(C)c(I)cc1C. The molecule has 1 aliphatic rings. The first-order valence-electron chi connectivity index (χ1n) is 9.79. The summed E-state index contributed by atoms with van der Waals surface area (Å²) in [5, 5.41) is 2.29. The Kier molecular flexibility index (Phi) is 7.27. The van der Waals surface area contributed by atoms with Crippen molar-refractivity contribution in [3.8, 4) is 0 Å². The van der Waals surface area contributed by atoms with E-state index in [1.165, 1.54) is 62.0 Å². The second kappa shape index (κ2) is 9.47. The van der Waals surface area contributed by atoms with Gasteiger partial charge in [-0.15, -0.1) is 11.8 Å². The van der Waals surface area contributed by atoms with Gasteiger partial charge in [0.1, 0.15) is 0 Å². The zero-order valence-electron chi connectivity index (χ0n) is 16.7. The largest absolute Gasteiger partial charge is 0.103 e. The van der Waals surface area contributed by atoms with Crippen molar-refractivity contribution in [3.63, 3.8) is 0 Å². The van der Waals surface area contributed by atoms with Gasteiger partial charge in [-0.3, -0.25) is 0 Å². The predicted molar refractivity (Wildman–Crippen MR) is 130 cm³/mol. The minimum absolute atomic E-state index is 0.962. The number of hydrogen-bond acceptors (Lipinski definition) is 1. The molecule has 0 unspecified atom stereocenters. The van der Waals surface area contributed by atoms with Crippen LogP contribution in [0.5, 0.6) is 0 Å². The van der Waals surface area contributed by atoms with Gasteiger partial charge in [0, 0.05) is 9.99 Å². The molecule has 142 valence electrons. The van der Waals surface area contributed by atoms with Crippen molar-refractivity contribution in [2.75, 3.05) is 0 Å². The predicted octanol–water partition coefficient (Wildman–Crippen LogP) is 7.72. The van der Waals surface area contributed by atoms with Gasteiger partial charge in [-0.05, 0) is 125 Å². The van der Waals surface area contributed by atoms with E-state index < -0.39 is 0 Å². The maximum Gasteiger partial charge on any atom is 0.0162 e. The lowest BCUT2D eigenvalue weighted by Gasteiger charge is -2.16. The van der Waals surface area contributed by atoms with Gasteiger partial charge in [0.2, 0.25) is 0 Å². The zero-order valence-corrected chi connectivity index (χ0v) is 19.7. The van der Waals surface area contributed by atoms with E-state index in [4.69, 9.17) is 0 Å². The Labute approximate surface area is 182 Å². The van der Waals surface area contributed by atoms with Gasteiger partial charge in [0.05, 0.1) is 0 Å². The third-order valence-corrected chi connectivity index (χ3v) is 7.49. The molecular weight excluding hydrogens is 459 g/mol. The first-order chi connectivity index (χ1) is 12.9. The van der Waals surface area contributed by atoms with Crippen LogP contribution in [0.1, 0.15) is 53.1 Å². The quantitative estimate of drug-likeness (QED) is 0.375. The number of fused-ring (bicyclic) bond motifs is 1. The molecule has 0 spiro atoms. The van der Waals surface area contributed by atoms with Crippen molar-refractivity contribution in [1.29, 1.82) is 0 Å². The van der Waals surface area contributed by atoms with E-state index in [1.54, 1.807) is 22.9 Å². The first kappa shape index (κ1) is 20.7. The van der Waals surface area contributed by atoms with Gasteiger partial charge in [-0.1, -0.05) is 36.4 Å². The number of rotatable bonds is 6. The summed E-state index contributed by atoms with van der Waals surface area (Å²) >= 11 is 4.21. The molecule has 0 bridgehead atoms. The molecule has 0 atom stereocenters. The average Bonchev–Trinajstić information content (AvgIpc) is 2.64. The monoisotopic (exact) mass is 488 g/mol. The smallest absolute Gasteiger partial charge is 0.0162 e. The first-order valence-corrected chi connectivity index (χ1v) is 11.7. The standard InChI is InChI=1S/C25H29IS/c1-17(11-24-12-19(3)25(26)13-18(24)2)16-27-20(4)14-21-9-10-22-7-5-6-8-23(22)15-21/h9-10,12-13,15-16H,4-8,11,14H2,1-3H3/b17-16+. The summed E-state index contributed by atoms with van der Waals surface area (Å²) in [6, 6.07) is 11.7. The van der Waals surface area contributed by atoms with Crippen molar-refractivity contribution in [3.05, 3.63) is 89.7 Å². The topological polar surface area (TPSA) is 0 Å². The molecule has 0 aromatic heterocycles. The van der Waals surface area contributed by atoms with Crippen LogP contribution in [0.15, 0.2) is 52.8 Å². The molecule has 0 N–H and O–H groups in total. The Hall–Kier alpha value is -1.000. The van der Waals surface area contributed by atoms with Gasteiger partial charge in [0.15, 0.2) is 0 Å². The Morgan fingerprint density at radius 3 is 2.56 bits per heavy atom. The summed E-state index contributed by atoms with van der Waals surface area (Å²) in [6.45, 7) is 10.9. The second-order valence-corrected chi connectivity index (χ2v) is 10.0. The Balaban J connectivity index is 1.58. The fourth-order valence-corrected chi connectivity index (χ4v) is 5.05. The molecule has 1 aliphatic carbocycles. The van der Waals surface area contributed by atoms with E-state index >= 15 is 0 Å². The highest BCUT2D eigenvalue weighted by molar-refractivity contribution is 14.1. The summed E-state index contributed by atoms with van der Waals surface area (Å²) in [5.74, 6) is 0. The van der Waals surface area contributed by atoms with Crippen LogP contribution >= 0.6 is 34.4 Å². The van der Waals surface area contributed by atoms with Gasteiger partial charge in [0.25, 0.3) is 0 Å². The molecule has 0 aliphatic heterocycles. The van der Waals surface area contributed by atoms with Crippen molar-refractivity contribution in [2.24, 2.45) is 0 Å². The number of allylic oxidation sites excluding steroid dienone is 2. The molecule has 0 radical (unpaired) electrons. The lowest BCUT2D eigenvalue weighted by molar-refractivity contribution is 0.684. The summed E-state index contributed by atoms with van der Waals surface area (Å²) < 4.78 is 1.35. The van der Waals surface area contributed by atoms with Crippen molar-refractivity contribution < 1.29 is 0 Å². The number of benzene rings is 2. The molecule has 0 heterocycles. The fourth-order valence-electron chi connectivity index (χ4n) is 3.72. The Morgan fingerprint density at radius 2 is 1.78 bits per heavy atom. The normalized spacial score (nSPS) is 14.1. The molecule has 3 rings (SSSR count). The van der Waals surface area contributed by atoms with E-state index in [9.17, 15) is 0 Å². The molecule has 0 saturated carbocycles. The van der Waals surface area contributed by atoms with Crippen LogP contribution in [0.2, 0.25) is 0 Å². The fraction of sp³-hybridized carbons (Fsp3) is 0.360. The van der Waals surface area contributed by atoms with E-state index in [0.29, 0.717) is 0 Å². The van der Waals surface area contributed by atoms with Crippen molar-refractivity contribution in [2.45, 2.75) is 59.3 Å². The molecule has 2 aromatic rings. The van der Waals surface area contributed by atoms with Crippen LogP contribution in [0, 0.1) is 17.4 Å². The summed E-state index contributed by atoms with van der Waals surface area (Å²) in [7, 11) is 0. The van der Waals surface area contributed by atoms with Gasteiger partial charge < -0.3 is 0 Å². The zero-order chi connectivity index (χ0) is 19.4. The minimum Gasteiger partial charge on any atom is -0.103 e. The van der Waals surface area contributed by atoms with Gasteiger partial charge in [-0.2, -0.15) is 0 Å². The maximum atomic E-state index is 4.30. The van der Waals surface area contributed by atoms with Gasteiger partial charge in [-0.25, -0.2) is 0 Å². The maximum absolute atomic E-state index is 4.30. The summed E-state index contributed by atoms with van der Waals surface area (Å²) in [5.41, 5.74) is 10.1. The Bertz CT molecular complexity index is 876. The molecule has 0 fully saturated rings. The highest BCUT2D eigenvalue weighted by Gasteiger charge is 2.10. The molecule has 2 heteroatoms.